The molecule has 1 aromatic carbocycles. The van der Waals surface area contributed by atoms with Crippen LogP contribution in [0.3, 0.4) is 0 Å². The number of thiophene rings is 1. The highest BCUT2D eigenvalue weighted by atomic mass is 32.1. The monoisotopic (exact) mass is 402 g/mol. The molecule has 0 spiro atoms. The summed E-state index contributed by atoms with van der Waals surface area (Å²) >= 11 is 1.41. The van der Waals surface area contributed by atoms with Gasteiger partial charge in [-0.1, -0.05) is 12.1 Å². The van der Waals surface area contributed by atoms with Crippen molar-refractivity contribution < 1.29 is 19.1 Å². The average Bonchev–Trinajstić information content (AvgIpc) is 3.28. The van der Waals surface area contributed by atoms with Gasteiger partial charge < -0.3 is 19.7 Å². The number of likely N-dealkylation sites (tertiary alicyclic amines) is 1. The van der Waals surface area contributed by atoms with E-state index in [1.54, 1.807) is 19.1 Å². The maximum atomic E-state index is 12.8. The zero-order valence-corrected chi connectivity index (χ0v) is 17.1. The number of ether oxygens (including phenoxy) is 2. The predicted octanol–water partition coefficient (Wildman–Crippen LogP) is 3.12. The lowest BCUT2D eigenvalue weighted by Gasteiger charge is -2.34. The van der Waals surface area contributed by atoms with Crippen LogP contribution in [0, 0.1) is 0 Å². The second kappa shape index (κ2) is 9.59. The van der Waals surface area contributed by atoms with Crippen molar-refractivity contribution in [3.63, 3.8) is 0 Å². The Morgan fingerprint density at radius 1 is 1.18 bits per heavy atom. The van der Waals surface area contributed by atoms with E-state index in [0.29, 0.717) is 42.3 Å². The molecule has 1 atom stereocenters. The minimum Gasteiger partial charge on any atom is -0.493 e. The first kappa shape index (κ1) is 20.2. The SMILES string of the molecule is COc1ccc(CCNC(=O)C2CCCCN2C(=O)c2cccs2)cc1OC. The Balaban J connectivity index is 1.58. The van der Waals surface area contributed by atoms with Crippen LogP contribution in [-0.4, -0.2) is 50.1 Å². The predicted molar refractivity (Wildman–Crippen MR) is 109 cm³/mol. The number of piperidine rings is 1. The molecular formula is C21H26N2O4S. The number of amides is 2. The highest BCUT2D eigenvalue weighted by Gasteiger charge is 2.32. The summed E-state index contributed by atoms with van der Waals surface area (Å²) in [6, 6.07) is 9.01. The second-order valence-corrected chi connectivity index (χ2v) is 7.67. The molecule has 1 aromatic heterocycles. The second-order valence-electron chi connectivity index (χ2n) is 6.72. The minimum atomic E-state index is -0.395. The van der Waals surface area contributed by atoms with E-state index >= 15 is 0 Å². The number of carbonyl (C=O) groups is 2. The molecule has 0 bridgehead atoms. The molecule has 1 aliphatic heterocycles. The lowest BCUT2D eigenvalue weighted by molar-refractivity contribution is -0.126. The summed E-state index contributed by atoms with van der Waals surface area (Å²) in [5, 5.41) is 4.88. The molecule has 150 valence electrons. The lowest BCUT2D eigenvalue weighted by Crippen LogP contribution is -2.52. The van der Waals surface area contributed by atoms with E-state index in [-0.39, 0.29) is 11.8 Å². The maximum Gasteiger partial charge on any atom is 0.264 e. The van der Waals surface area contributed by atoms with Gasteiger partial charge in [0.1, 0.15) is 6.04 Å². The van der Waals surface area contributed by atoms with Crippen LogP contribution in [0.25, 0.3) is 0 Å². The summed E-state index contributed by atoms with van der Waals surface area (Å²) in [5.74, 6) is 1.23. The van der Waals surface area contributed by atoms with Crippen LogP contribution < -0.4 is 14.8 Å². The number of rotatable bonds is 7. The van der Waals surface area contributed by atoms with Crippen LogP contribution in [0.5, 0.6) is 11.5 Å². The van der Waals surface area contributed by atoms with Crippen LogP contribution >= 0.6 is 11.3 Å². The smallest absolute Gasteiger partial charge is 0.264 e. The van der Waals surface area contributed by atoms with E-state index in [1.165, 1.54) is 11.3 Å². The topological polar surface area (TPSA) is 67.9 Å². The number of hydrogen-bond acceptors (Lipinski definition) is 5. The highest BCUT2D eigenvalue weighted by Crippen LogP contribution is 2.27. The van der Waals surface area contributed by atoms with Crippen molar-refractivity contribution in [3.05, 3.63) is 46.2 Å². The molecule has 2 aromatic rings. The van der Waals surface area contributed by atoms with Crippen molar-refractivity contribution in [3.8, 4) is 11.5 Å². The number of nitrogens with zero attached hydrogens (tertiary/aromatic N) is 1. The third-order valence-corrected chi connectivity index (χ3v) is 5.82. The van der Waals surface area contributed by atoms with Crippen molar-refractivity contribution in [1.29, 1.82) is 0 Å². The first-order chi connectivity index (χ1) is 13.6. The van der Waals surface area contributed by atoms with E-state index < -0.39 is 6.04 Å². The van der Waals surface area contributed by atoms with Gasteiger partial charge in [-0.15, -0.1) is 11.3 Å². The van der Waals surface area contributed by atoms with Gasteiger partial charge in [-0.05, 0) is 54.8 Å². The van der Waals surface area contributed by atoms with E-state index in [1.807, 2.05) is 35.7 Å². The minimum absolute atomic E-state index is 0.0465. The molecule has 1 aliphatic rings. The molecule has 1 saturated heterocycles. The molecule has 1 fully saturated rings. The molecular weight excluding hydrogens is 376 g/mol. The Morgan fingerprint density at radius 3 is 2.71 bits per heavy atom. The zero-order valence-electron chi connectivity index (χ0n) is 16.3. The fraction of sp³-hybridized carbons (Fsp3) is 0.429. The van der Waals surface area contributed by atoms with Crippen molar-refractivity contribution in [2.24, 2.45) is 0 Å². The summed E-state index contributed by atoms with van der Waals surface area (Å²) in [5.41, 5.74) is 1.05. The quantitative estimate of drug-likeness (QED) is 0.773. The summed E-state index contributed by atoms with van der Waals surface area (Å²) in [4.78, 5) is 27.9. The standard InChI is InChI=1S/C21H26N2O4S/c1-26-17-9-8-15(14-18(17)27-2)10-11-22-20(24)16-6-3-4-12-23(16)21(25)19-7-5-13-28-19/h5,7-9,13-14,16H,3-4,6,10-12H2,1-2H3,(H,22,24). The number of carbonyl (C=O) groups excluding carboxylic acids is 2. The molecule has 1 unspecified atom stereocenters. The van der Waals surface area contributed by atoms with Gasteiger partial charge in [0, 0.05) is 13.1 Å². The number of benzene rings is 1. The van der Waals surface area contributed by atoms with Crippen molar-refractivity contribution in [2.75, 3.05) is 27.3 Å². The Labute approximate surface area is 169 Å². The van der Waals surface area contributed by atoms with Gasteiger partial charge in [-0.3, -0.25) is 9.59 Å². The molecule has 2 amide bonds. The van der Waals surface area contributed by atoms with Crippen molar-refractivity contribution >= 4 is 23.2 Å². The summed E-state index contributed by atoms with van der Waals surface area (Å²) < 4.78 is 10.6. The van der Waals surface area contributed by atoms with Crippen LogP contribution in [0.2, 0.25) is 0 Å². The van der Waals surface area contributed by atoms with Gasteiger partial charge in [0.15, 0.2) is 11.5 Å². The first-order valence-electron chi connectivity index (χ1n) is 9.47. The normalized spacial score (nSPS) is 16.5. The molecule has 0 radical (unpaired) electrons. The molecule has 28 heavy (non-hydrogen) atoms. The molecule has 3 rings (SSSR count). The van der Waals surface area contributed by atoms with Crippen LogP contribution in [0.15, 0.2) is 35.7 Å². The van der Waals surface area contributed by atoms with Gasteiger partial charge in [0.05, 0.1) is 19.1 Å². The summed E-state index contributed by atoms with van der Waals surface area (Å²) in [6.45, 7) is 1.14. The van der Waals surface area contributed by atoms with Crippen molar-refractivity contribution in [1.82, 2.24) is 10.2 Å². The largest absolute Gasteiger partial charge is 0.493 e. The van der Waals surface area contributed by atoms with E-state index in [0.717, 1.165) is 18.4 Å². The molecule has 6 nitrogen and oxygen atoms in total. The zero-order chi connectivity index (χ0) is 19.9. The molecule has 2 heterocycles. The average molecular weight is 403 g/mol. The van der Waals surface area contributed by atoms with Crippen molar-refractivity contribution in [2.45, 2.75) is 31.7 Å². The molecule has 7 heteroatoms. The van der Waals surface area contributed by atoms with Gasteiger partial charge in [0.2, 0.25) is 5.91 Å². The molecule has 0 saturated carbocycles. The van der Waals surface area contributed by atoms with E-state index in [2.05, 4.69) is 5.32 Å². The molecule has 0 aliphatic carbocycles. The Kier molecular flexibility index (Phi) is 6.92. The van der Waals surface area contributed by atoms with Crippen LogP contribution in [0.1, 0.15) is 34.5 Å². The Bertz CT molecular complexity index is 807. The highest BCUT2D eigenvalue weighted by molar-refractivity contribution is 7.12. The van der Waals surface area contributed by atoms with Crippen LogP contribution in [0.4, 0.5) is 0 Å². The van der Waals surface area contributed by atoms with Crippen LogP contribution in [-0.2, 0) is 11.2 Å². The first-order valence-corrected chi connectivity index (χ1v) is 10.3. The van der Waals surface area contributed by atoms with Gasteiger partial charge in [0.25, 0.3) is 5.91 Å². The fourth-order valence-electron chi connectivity index (χ4n) is 3.47. The third kappa shape index (κ3) is 4.65. The third-order valence-electron chi connectivity index (χ3n) is 4.96. The lowest BCUT2D eigenvalue weighted by atomic mass is 10.0. The maximum absolute atomic E-state index is 12.8. The van der Waals surface area contributed by atoms with Gasteiger partial charge in [-0.25, -0.2) is 0 Å². The summed E-state index contributed by atoms with van der Waals surface area (Å²) in [6.07, 6.45) is 3.28. The Morgan fingerprint density at radius 2 is 2.00 bits per heavy atom. The van der Waals surface area contributed by atoms with E-state index in [9.17, 15) is 9.59 Å². The van der Waals surface area contributed by atoms with Gasteiger partial charge in [-0.2, -0.15) is 0 Å². The summed E-state index contributed by atoms with van der Waals surface area (Å²) in [7, 11) is 3.21. The van der Waals surface area contributed by atoms with E-state index in [4.69, 9.17) is 9.47 Å². The van der Waals surface area contributed by atoms with Gasteiger partial charge >= 0.3 is 0 Å². The fourth-order valence-corrected chi connectivity index (χ4v) is 4.15. The number of hydrogen-bond donors (Lipinski definition) is 1. The number of methoxy groups -OCH3 is 2. The number of nitrogens with one attached hydrogen (secondary N) is 1. The Hall–Kier alpha value is -2.54. The molecule has 1 N–H and O–H groups in total.